The van der Waals surface area contributed by atoms with Gasteiger partial charge in [-0.05, 0) is 29.6 Å². The monoisotopic (exact) mass is 403 g/mol. The molecule has 138 valence electrons. The lowest BCUT2D eigenvalue weighted by Gasteiger charge is -2.13. The number of carbonyl (C=O) groups is 1. The molecule has 2 rings (SSSR count). The Balaban J connectivity index is 2.39. The second-order valence-electron chi connectivity index (χ2n) is 5.23. The number of hydrogen-bond acceptors (Lipinski definition) is 5. The van der Waals surface area contributed by atoms with Gasteiger partial charge in [0, 0.05) is 19.8 Å². The number of benzene rings is 1. The zero-order chi connectivity index (χ0) is 19.7. The Morgan fingerprint density at radius 3 is 2.46 bits per heavy atom. The number of halogens is 3. The van der Waals surface area contributed by atoms with Crippen LogP contribution in [0, 0.1) is 11.3 Å². The normalized spacial score (nSPS) is 12.0. The first-order valence-corrected chi connectivity index (χ1v) is 9.23. The minimum Gasteiger partial charge on any atom is -0.321 e. The number of anilines is 1. The first kappa shape index (κ1) is 19.9. The van der Waals surface area contributed by atoms with Gasteiger partial charge in [-0.15, -0.1) is 11.3 Å². The molecule has 26 heavy (non-hydrogen) atoms. The number of thiophene rings is 1. The topological polar surface area (TPSA) is 90.3 Å². The zero-order valence-corrected chi connectivity index (χ0v) is 15.1. The fourth-order valence-corrected chi connectivity index (χ4v) is 4.19. The van der Waals surface area contributed by atoms with Gasteiger partial charge in [-0.3, -0.25) is 4.79 Å². The smallest absolute Gasteiger partial charge is 0.321 e. The SMILES string of the molecule is CN(C)S(=O)(=O)c1ccsc1C(=O)Nc1ccc(C#N)c(C(F)(F)F)c1. The van der Waals surface area contributed by atoms with Crippen LogP contribution in [-0.4, -0.2) is 32.7 Å². The van der Waals surface area contributed by atoms with Crippen LogP contribution in [0.4, 0.5) is 18.9 Å². The van der Waals surface area contributed by atoms with Crippen LogP contribution in [0.2, 0.25) is 0 Å². The Morgan fingerprint density at radius 1 is 1.27 bits per heavy atom. The number of hydrogen-bond donors (Lipinski definition) is 1. The van der Waals surface area contributed by atoms with Gasteiger partial charge >= 0.3 is 6.18 Å². The molecule has 0 saturated heterocycles. The van der Waals surface area contributed by atoms with Crippen molar-refractivity contribution in [3.63, 3.8) is 0 Å². The van der Waals surface area contributed by atoms with Crippen molar-refractivity contribution in [2.24, 2.45) is 0 Å². The van der Waals surface area contributed by atoms with Crippen molar-refractivity contribution >= 4 is 33.0 Å². The summed E-state index contributed by atoms with van der Waals surface area (Å²) in [5.41, 5.74) is -1.98. The van der Waals surface area contributed by atoms with E-state index in [1.165, 1.54) is 31.6 Å². The van der Waals surface area contributed by atoms with E-state index in [0.717, 1.165) is 27.8 Å². The molecule has 1 N–H and O–H groups in total. The summed E-state index contributed by atoms with van der Waals surface area (Å²) < 4.78 is 64.3. The molecule has 0 aliphatic heterocycles. The largest absolute Gasteiger partial charge is 0.417 e. The molecule has 1 heterocycles. The average molecular weight is 403 g/mol. The van der Waals surface area contributed by atoms with Crippen LogP contribution in [0.25, 0.3) is 0 Å². The molecule has 6 nitrogen and oxygen atoms in total. The molecule has 0 spiro atoms. The highest BCUT2D eigenvalue weighted by molar-refractivity contribution is 7.89. The highest BCUT2D eigenvalue weighted by atomic mass is 32.2. The number of sulfonamides is 1. The Labute approximate surface area is 151 Å². The molecular weight excluding hydrogens is 391 g/mol. The number of alkyl halides is 3. The molecule has 1 aromatic carbocycles. The van der Waals surface area contributed by atoms with Crippen LogP contribution in [0.1, 0.15) is 20.8 Å². The van der Waals surface area contributed by atoms with Gasteiger partial charge in [-0.2, -0.15) is 18.4 Å². The van der Waals surface area contributed by atoms with E-state index in [9.17, 15) is 26.4 Å². The minimum absolute atomic E-state index is 0.156. The zero-order valence-electron chi connectivity index (χ0n) is 13.5. The molecule has 2 aromatic rings. The molecule has 0 unspecified atom stereocenters. The minimum atomic E-state index is -4.77. The summed E-state index contributed by atoms with van der Waals surface area (Å²) in [5.74, 6) is -0.863. The number of nitrogens with one attached hydrogen (secondary N) is 1. The van der Waals surface area contributed by atoms with Crippen molar-refractivity contribution < 1.29 is 26.4 Å². The Morgan fingerprint density at radius 2 is 1.92 bits per heavy atom. The van der Waals surface area contributed by atoms with Crippen molar-refractivity contribution in [2.45, 2.75) is 11.1 Å². The van der Waals surface area contributed by atoms with Crippen molar-refractivity contribution in [1.29, 1.82) is 5.26 Å². The molecule has 0 bridgehead atoms. The molecule has 0 aliphatic rings. The third kappa shape index (κ3) is 3.87. The first-order chi connectivity index (χ1) is 12.0. The van der Waals surface area contributed by atoms with Gasteiger partial charge in [0.1, 0.15) is 9.77 Å². The maximum atomic E-state index is 13.0. The van der Waals surface area contributed by atoms with Crippen molar-refractivity contribution in [3.05, 3.63) is 45.6 Å². The lowest BCUT2D eigenvalue weighted by atomic mass is 10.1. The average Bonchev–Trinajstić information content (AvgIpc) is 3.04. The van der Waals surface area contributed by atoms with Crippen LogP contribution >= 0.6 is 11.3 Å². The molecule has 1 amide bonds. The third-order valence-electron chi connectivity index (χ3n) is 3.30. The van der Waals surface area contributed by atoms with E-state index in [-0.39, 0.29) is 15.5 Å². The molecule has 0 radical (unpaired) electrons. The number of carbonyl (C=O) groups excluding carboxylic acids is 1. The number of nitriles is 1. The fourth-order valence-electron chi connectivity index (χ4n) is 2.00. The Bertz CT molecular complexity index is 990. The van der Waals surface area contributed by atoms with Gasteiger partial charge in [0.2, 0.25) is 10.0 Å². The van der Waals surface area contributed by atoms with Gasteiger partial charge < -0.3 is 5.32 Å². The van der Waals surface area contributed by atoms with Crippen molar-refractivity contribution in [2.75, 3.05) is 19.4 Å². The van der Waals surface area contributed by atoms with Crippen LogP contribution in [0.3, 0.4) is 0 Å². The summed E-state index contributed by atoms with van der Waals surface area (Å²) in [7, 11) is -1.29. The summed E-state index contributed by atoms with van der Waals surface area (Å²) in [6.07, 6.45) is -4.77. The van der Waals surface area contributed by atoms with Crippen LogP contribution in [-0.2, 0) is 16.2 Å². The molecule has 11 heteroatoms. The van der Waals surface area contributed by atoms with Gasteiger partial charge in [0.25, 0.3) is 5.91 Å². The van der Waals surface area contributed by atoms with Crippen LogP contribution in [0.5, 0.6) is 0 Å². The van der Waals surface area contributed by atoms with E-state index in [1.807, 2.05) is 0 Å². The highest BCUT2D eigenvalue weighted by Crippen LogP contribution is 2.34. The Kier molecular flexibility index (Phi) is 5.41. The fraction of sp³-hybridized carbons (Fsp3) is 0.200. The van der Waals surface area contributed by atoms with E-state index in [4.69, 9.17) is 5.26 Å². The lowest BCUT2D eigenvalue weighted by Crippen LogP contribution is -2.24. The summed E-state index contributed by atoms with van der Waals surface area (Å²) in [4.78, 5) is 12.0. The van der Waals surface area contributed by atoms with Crippen molar-refractivity contribution in [3.8, 4) is 6.07 Å². The molecule has 1 aromatic heterocycles. The summed E-state index contributed by atoms with van der Waals surface area (Å²) in [6.45, 7) is 0. The second-order valence-corrected chi connectivity index (χ2v) is 8.26. The van der Waals surface area contributed by atoms with Gasteiger partial charge in [-0.1, -0.05) is 0 Å². The van der Waals surface area contributed by atoms with Gasteiger partial charge in [0.05, 0.1) is 17.2 Å². The molecule has 0 atom stereocenters. The summed E-state index contributed by atoms with van der Waals surface area (Å²) >= 11 is 0.846. The number of nitrogens with zero attached hydrogens (tertiary/aromatic N) is 2. The summed E-state index contributed by atoms with van der Waals surface area (Å²) in [5, 5.41) is 12.4. The lowest BCUT2D eigenvalue weighted by molar-refractivity contribution is -0.137. The second kappa shape index (κ2) is 7.06. The number of amides is 1. The maximum Gasteiger partial charge on any atom is 0.417 e. The quantitative estimate of drug-likeness (QED) is 0.849. The first-order valence-electron chi connectivity index (χ1n) is 6.91. The van der Waals surface area contributed by atoms with E-state index in [0.29, 0.717) is 6.07 Å². The van der Waals surface area contributed by atoms with Gasteiger partial charge in [0.15, 0.2) is 0 Å². The van der Waals surface area contributed by atoms with E-state index in [2.05, 4.69) is 5.32 Å². The van der Waals surface area contributed by atoms with E-state index in [1.54, 1.807) is 0 Å². The van der Waals surface area contributed by atoms with Gasteiger partial charge in [-0.25, -0.2) is 12.7 Å². The third-order valence-corrected chi connectivity index (χ3v) is 6.20. The van der Waals surface area contributed by atoms with Crippen LogP contribution < -0.4 is 5.32 Å². The number of rotatable bonds is 4. The van der Waals surface area contributed by atoms with Crippen molar-refractivity contribution in [1.82, 2.24) is 4.31 Å². The molecular formula is C15H12F3N3O3S2. The molecule has 0 aliphatic carbocycles. The predicted octanol–water partition coefficient (Wildman–Crippen LogP) is 3.14. The van der Waals surface area contributed by atoms with E-state index >= 15 is 0 Å². The van der Waals surface area contributed by atoms with E-state index < -0.39 is 33.2 Å². The molecule has 0 saturated carbocycles. The Hall–Kier alpha value is -2.42. The maximum absolute atomic E-state index is 13.0. The summed E-state index contributed by atoms with van der Waals surface area (Å²) in [6, 6.07) is 5.38. The standard InChI is InChI=1S/C15H12F3N3O3S2/c1-21(2)26(23,24)12-5-6-25-13(12)14(22)20-10-4-3-9(8-19)11(7-10)15(16,17)18/h3-7H,1-2H3,(H,20,22). The molecule has 0 fully saturated rings. The highest BCUT2D eigenvalue weighted by Gasteiger charge is 2.34. The predicted molar refractivity (Wildman–Crippen MR) is 89.3 cm³/mol. The van der Waals surface area contributed by atoms with Crippen LogP contribution in [0.15, 0.2) is 34.5 Å².